The number of aryl methyl sites for hydroxylation is 1. The SMILES string of the molecule is C#CC(Cc1ccc(-c2ccc3oc(=O)[nH]c3c2)cc1C)NC(=C)C1CNCC(C)(O)CO1. The molecule has 4 rings (SSSR count). The highest BCUT2D eigenvalue weighted by Crippen LogP contribution is 2.26. The Kier molecular flexibility index (Phi) is 6.43. The Morgan fingerprint density at radius 1 is 1.36 bits per heavy atom. The molecule has 0 spiro atoms. The van der Waals surface area contributed by atoms with E-state index in [0.717, 1.165) is 22.3 Å². The second-order valence-corrected chi connectivity index (χ2v) is 8.89. The molecule has 1 aliphatic rings. The Labute approximate surface area is 192 Å². The van der Waals surface area contributed by atoms with Crippen LogP contribution in [-0.4, -0.2) is 47.5 Å². The molecule has 7 heteroatoms. The lowest BCUT2D eigenvalue weighted by atomic mass is 9.96. The van der Waals surface area contributed by atoms with E-state index in [0.29, 0.717) is 36.3 Å². The average molecular weight is 448 g/mol. The fraction of sp³-hybridized carbons (Fsp3) is 0.346. The van der Waals surface area contributed by atoms with E-state index in [2.05, 4.69) is 47.2 Å². The Hall–Kier alpha value is -3.31. The molecule has 1 saturated heterocycles. The summed E-state index contributed by atoms with van der Waals surface area (Å²) < 4.78 is 10.9. The average Bonchev–Trinajstić information content (AvgIpc) is 3.05. The van der Waals surface area contributed by atoms with Crippen LogP contribution >= 0.6 is 0 Å². The summed E-state index contributed by atoms with van der Waals surface area (Å²) in [6.45, 7) is 9.15. The van der Waals surface area contributed by atoms with Gasteiger partial charge in [0.05, 0.1) is 23.8 Å². The number of β-amino-alcohol motifs (C(OH)–C–C–N with tert-alkyl or cyclic N) is 1. The Balaban J connectivity index is 1.44. The van der Waals surface area contributed by atoms with Crippen LogP contribution in [0.25, 0.3) is 22.2 Å². The van der Waals surface area contributed by atoms with Gasteiger partial charge in [-0.05, 0) is 48.2 Å². The zero-order chi connectivity index (χ0) is 23.6. The molecule has 33 heavy (non-hydrogen) atoms. The maximum atomic E-state index is 11.4. The lowest BCUT2D eigenvalue weighted by Gasteiger charge is -2.24. The van der Waals surface area contributed by atoms with Gasteiger partial charge in [0.1, 0.15) is 6.10 Å². The minimum absolute atomic E-state index is 0.227. The van der Waals surface area contributed by atoms with E-state index in [1.54, 1.807) is 13.0 Å². The van der Waals surface area contributed by atoms with Crippen molar-refractivity contribution in [2.24, 2.45) is 0 Å². The van der Waals surface area contributed by atoms with Crippen molar-refractivity contribution in [1.29, 1.82) is 0 Å². The molecule has 3 aromatic rings. The number of H-pyrrole nitrogens is 1. The summed E-state index contributed by atoms with van der Waals surface area (Å²) in [5.41, 5.74) is 5.27. The van der Waals surface area contributed by atoms with Crippen LogP contribution in [0.4, 0.5) is 0 Å². The van der Waals surface area contributed by atoms with E-state index < -0.39 is 11.4 Å². The van der Waals surface area contributed by atoms with Gasteiger partial charge >= 0.3 is 5.76 Å². The molecular weight excluding hydrogens is 418 g/mol. The predicted octanol–water partition coefficient (Wildman–Crippen LogP) is 2.48. The molecule has 0 aliphatic carbocycles. The number of terminal acetylenes is 1. The van der Waals surface area contributed by atoms with Crippen LogP contribution in [-0.2, 0) is 11.2 Å². The number of rotatable bonds is 6. The molecule has 0 bridgehead atoms. The maximum Gasteiger partial charge on any atom is 0.417 e. The zero-order valence-electron chi connectivity index (χ0n) is 18.9. The molecule has 3 atom stereocenters. The second-order valence-electron chi connectivity index (χ2n) is 8.89. The van der Waals surface area contributed by atoms with Crippen molar-refractivity contribution in [3.05, 3.63) is 70.4 Å². The monoisotopic (exact) mass is 447 g/mol. The van der Waals surface area contributed by atoms with Crippen molar-refractivity contribution in [2.45, 2.75) is 38.0 Å². The van der Waals surface area contributed by atoms with Crippen LogP contribution in [0.3, 0.4) is 0 Å². The Bertz CT molecular complexity index is 1260. The minimum atomic E-state index is -0.906. The van der Waals surface area contributed by atoms with E-state index in [1.165, 1.54) is 0 Å². The highest BCUT2D eigenvalue weighted by molar-refractivity contribution is 5.80. The van der Waals surface area contributed by atoms with E-state index >= 15 is 0 Å². The number of nitrogens with one attached hydrogen (secondary N) is 3. The molecule has 1 aliphatic heterocycles. The summed E-state index contributed by atoms with van der Waals surface area (Å²) in [6, 6.07) is 11.6. The fourth-order valence-corrected chi connectivity index (χ4v) is 4.01. The molecule has 7 nitrogen and oxygen atoms in total. The standard InChI is InChI=1S/C26H29N3O4/c1-5-21(28-17(3)24-13-27-14-26(4,31)15-32-24)11-18-6-7-19(10-16(18)2)20-8-9-23-22(12-20)29-25(30)33-23/h1,6-10,12,21,24,27-28,31H,3,11,13-15H2,2,4H3,(H,29,30). The van der Waals surface area contributed by atoms with Crippen LogP contribution in [0.15, 0.2) is 57.9 Å². The molecule has 1 fully saturated rings. The first kappa shape index (κ1) is 22.9. The number of ether oxygens (including phenoxy) is 1. The smallest absolute Gasteiger partial charge is 0.408 e. The van der Waals surface area contributed by atoms with Crippen LogP contribution in [0.2, 0.25) is 0 Å². The number of aromatic nitrogens is 1. The number of aliphatic hydroxyl groups is 1. The van der Waals surface area contributed by atoms with Crippen molar-refractivity contribution < 1.29 is 14.3 Å². The third kappa shape index (κ3) is 5.37. The molecular formula is C26H29N3O4. The normalized spacial score (nSPS) is 21.8. The van der Waals surface area contributed by atoms with E-state index in [4.69, 9.17) is 15.6 Å². The number of hydrogen-bond donors (Lipinski definition) is 4. The van der Waals surface area contributed by atoms with Gasteiger partial charge in [-0.2, -0.15) is 0 Å². The summed E-state index contributed by atoms with van der Waals surface area (Å²) in [5.74, 6) is 2.35. The van der Waals surface area contributed by atoms with Crippen molar-refractivity contribution in [1.82, 2.24) is 15.6 Å². The molecule has 1 aromatic heterocycles. The number of oxazole rings is 1. The quantitative estimate of drug-likeness (QED) is 0.434. The van der Waals surface area contributed by atoms with Crippen molar-refractivity contribution in [2.75, 3.05) is 19.7 Å². The van der Waals surface area contributed by atoms with Crippen LogP contribution in [0.5, 0.6) is 0 Å². The largest absolute Gasteiger partial charge is 0.417 e. The Morgan fingerprint density at radius 2 is 2.12 bits per heavy atom. The van der Waals surface area contributed by atoms with E-state index in [-0.39, 0.29) is 18.8 Å². The lowest BCUT2D eigenvalue weighted by molar-refractivity contribution is -0.0325. The van der Waals surface area contributed by atoms with Crippen LogP contribution in [0, 0.1) is 19.3 Å². The zero-order valence-corrected chi connectivity index (χ0v) is 18.9. The fourth-order valence-electron chi connectivity index (χ4n) is 4.01. The first-order valence-corrected chi connectivity index (χ1v) is 10.9. The van der Waals surface area contributed by atoms with Gasteiger partial charge < -0.3 is 24.9 Å². The van der Waals surface area contributed by atoms with Crippen molar-refractivity contribution >= 4 is 11.1 Å². The van der Waals surface area contributed by atoms with Crippen molar-refractivity contribution in [3.8, 4) is 23.5 Å². The highest BCUT2D eigenvalue weighted by atomic mass is 16.5. The van der Waals surface area contributed by atoms with Gasteiger partial charge in [-0.25, -0.2) is 4.79 Å². The number of aromatic amines is 1. The van der Waals surface area contributed by atoms with Gasteiger partial charge in [0.15, 0.2) is 5.58 Å². The molecule has 2 heterocycles. The van der Waals surface area contributed by atoms with E-state index in [9.17, 15) is 9.90 Å². The lowest BCUT2D eigenvalue weighted by Crippen LogP contribution is -2.39. The van der Waals surface area contributed by atoms with Gasteiger partial charge in [-0.15, -0.1) is 6.42 Å². The molecule has 4 N–H and O–H groups in total. The van der Waals surface area contributed by atoms with Gasteiger partial charge in [0.2, 0.25) is 0 Å². The summed E-state index contributed by atoms with van der Waals surface area (Å²) in [5, 5.41) is 16.7. The van der Waals surface area contributed by atoms with Crippen molar-refractivity contribution in [3.63, 3.8) is 0 Å². The summed E-state index contributed by atoms with van der Waals surface area (Å²) >= 11 is 0. The molecule has 2 aromatic carbocycles. The number of fused-ring (bicyclic) bond motifs is 1. The third-order valence-electron chi connectivity index (χ3n) is 5.90. The highest BCUT2D eigenvalue weighted by Gasteiger charge is 2.28. The number of hydrogen-bond acceptors (Lipinski definition) is 6. The maximum absolute atomic E-state index is 11.4. The third-order valence-corrected chi connectivity index (χ3v) is 5.90. The molecule has 0 saturated carbocycles. The molecule has 3 unspecified atom stereocenters. The summed E-state index contributed by atoms with van der Waals surface area (Å²) in [7, 11) is 0. The Morgan fingerprint density at radius 3 is 2.88 bits per heavy atom. The first-order chi connectivity index (χ1) is 15.7. The van der Waals surface area contributed by atoms with E-state index in [1.807, 2.05) is 18.2 Å². The van der Waals surface area contributed by atoms with Crippen LogP contribution in [0.1, 0.15) is 18.1 Å². The summed E-state index contributed by atoms with van der Waals surface area (Å²) in [6.07, 6.45) is 6.17. The summed E-state index contributed by atoms with van der Waals surface area (Å²) in [4.78, 5) is 14.1. The van der Waals surface area contributed by atoms with Gasteiger partial charge in [-0.1, -0.05) is 36.8 Å². The first-order valence-electron chi connectivity index (χ1n) is 10.9. The molecule has 172 valence electrons. The molecule has 0 amide bonds. The molecule has 0 radical (unpaired) electrons. The predicted molar refractivity (Wildman–Crippen MR) is 129 cm³/mol. The van der Waals surface area contributed by atoms with Gasteiger partial charge in [0, 0.05) is 25.2 Å². The number of benzene rings is 2. The van der Waals surface area contributed by atoms with Gasteiger partial charge in [-0.3, -0.25) is 4.98 Å². The van der Waals surface area contributed by atoms with Gasteiger partial charge in [0.25, 0.3) is 0 Å². The minimum Gasteiger partial charge on any atom is -0.408 e. The second kappa shape index (κ2) is 9.28. The van der Waals surface area contributed by atoms with Crippen LogP contribution < -0.4 is 16.4 Å². The topological polar surface area (TPSA) is 99.5 Å².